The van der Waals surface area contributed by atoms with E-state index in [1.807, 2.05) is 33.8 Å². The van der Waals surface area contributed by atoms with Crippen LogP contribution in [0.15, 0.2) is 22.7 Å². The van der Waals surface area contributed by atoms with Gasteiger partial charge < -0.3 is 15.4 Å². The lowest BCUT2D eigenvalue weighted by Gasteiger charge is -2.22. The van der Waals surface area contributed by atoms with Crippen molar-refractivity contribution < 1.29 is 13.9 Å². The number of benzene rings is 1. The average Bonchev–Trinajstić information content (AvgIpc) is 2.31. The van der Waals surface area contributed by atoms with E-state index in [4.69, 9.17) is 4.74 Å². The van der Waals surface area contributed by atoms with Crippen molar-refractivity contribution in [3.8, 4) is 0 Å². The number of hydrogen-bond acceptors (Lipinski definition) is 3. The largest absolute Gasteiger partial charge is 0.444 e. The second-order valence-corrected chi connectivity index (χ2v) is 6.78. The van der Waals surface area contributed by atoms with Gasteiger partial charge in [-0.2, -0.15) is 0 Å². The number of carbonyl (C=O) groups excluding carboxylic acids is 1. The molecule has 0 fully saturated rings. The van der Waals surface area contributed by atoms with Gasteiger partial charge in [-0.1, -0.05) is 6.07 Å². The lowest BCUT2D eigenvalue weighted by atomic mass is 10.2. The van der Waals surface area contributed by atoms with E-state index in [0.717, 1.165) is 5.56 Å². The second kappa shape index (κ2) is 7.75. The number of hydrogen-bond donors (Lipinski definition) is 2. The van der Waals surface area contributed by atoms with Crippen molar-refractivity contribution in [3.05, 3.63) is 34.1 Å². The molecule has 1 amide bonds. The molecule has 0 aliphatic heterocycles. The van der Waals surface area contributed by atoms with Gasteiger partial charge in [0.15, 0.2) is 0 Å². The van der Waals surface area contributed by atoms with E-state index >= 15 is 0 Å². The van der Waals surface area contributed by atoms with Crippen LogP contribution in [-0.4, -0.2) is 24.3 Å². The zero-order chi connectivity index (χ0) is 16.0. The third kappa shape index (κ3) is 7.43. The molecule has 0 aromatic heterocycles. The monoisotopic (exact) mass is 360 g/mol. The highest BCUT2D eigenvalue weighted by Gasteiger charge is 2.17. The van der Waals surface area contributed by atoms with Crippen molar-refractivity contribution >= 4 is 22.0 Å². The Kier molecular flexibility index (Phi) is 6.61. The zero-order valence-electron chi connectivity index (χ0n) is 12.8. The first kappa shape index (κ1) is 17.9. The molecule has 6 heteroatoms. The van der Waals surface area contributed by atoms with Crippen LogP contribution >= 0.6 is 15.9 Å². The molecule has 21 heavy (non-hydrogen) atoms. The molecule has 2 N–H and O–H groups in total. The van der Waals surface area contributed by atoms with Crippen LogP contribution < -0.4 is 10.6 Å². The molecule has 1 aromatic rings. The molecule has 118 valence electrons. The smallest absolute Gasteiger partial charge is 0.407 e. The third-order valence-electron chi connectivity index (χ3n) is 2.53. The number of rotatable bonds is 5. The first-order valence-corrected chi connectivity index (χ1v) is 7.61. The van der Waals surface area contributed by atoms with Crippen LogP contribution in [-0.2, 0) is 11.3 Å². The normalized spacial score (nSPS) is 12.9. The van der Waals surface area contributed by atoms with Gasteiger partial charge in [0.2, 0.25) is 0 Å². The summed E-state index contributed by atoms with van der Waals surface area (Å²) in [5, 5.41) is 5.90. The highest BCUT2D eigenvalue weighted by Crippen LogP contribution is 2.16. The lowest BCUT2D eigenvalue weighted by molar-refractivity contribution is 0.0508. The molecule has 0 aliphatic rings. The van der Waals surface area contributed by atoms with Gasteiger partial charge in [-0.3, -0.25) is 0 Å². The Balaban J connectivity index is 2.31. The Hall–Kier alpha value is -1.14. The predicted octanol–water partition coefficient (Wildman–Crippen LogP) is 3.59. The Morgan fingerprint density at radius 2 is 2.10 bits per heavy atom. The van der Waals surface area contributed by atoms with Crippen molar-refractivity contribution in [3.63, 3.8) is 0 Å². The highest BCUT2D eigenvalue weighted by molar-refractivity contribution is 9.10. The van der Waals surface area contributed by atoms with Crippen LogP contribution in [0.2, 0.25) is 0 Å². The third-order valence-corrected chi connectivity index (χ3v) is 3.17. The van der Waals surface area contributed by atoms with E-state index in [1.54, 1.807) is 6.07 Å². The van der Waals surface area contributed by atoms with Crippen molar-refractivity contribution in [2.24, 2.45) is 0 Å². The number of ether oxygens (including phenoxy) is 1. The number of carbonyl (C=O) groups is 1. The average molecular weight is 361 g/mol. The van der Waals surface area contributed by atoms with E-state index in [0.29, 0.717) is 17.6 Å². The summed E-state index contributed by atoms with van der Waals surface area (Å²) in [6.07, 6.45) is -0.438. The molecule has 0 heterocycles. The van der Waals surface area contributed by atoms with Gasteiger partial charge in [-0.05, 0) is 61.3 Å². The van der Waals surface area contributed by atoms with Crippen molar-refractivity contribution in [2.75, 3.05) is 6.54 Å². The maximum Gasteiger partial charge on any atom is 0.407 e. The molecule has 0 bridgehead atoms. The molecular formula is C15H22BrFN2O2. The Labute approximate surface area is 133 Å². The van der Waals surface area contributed by atoms with Crippen LogP contribution in [0.4, 0.5) is 9.18 Å². The molecule has 4 nitrogen and oxygen atoms in total. The van der Waals surface area contributed by atoms with Crippen molar-refractivity contribution in [1.82, 2.24) is 10.6 Å². The minimum absolute atomic E-state index is 0.0832. The molecule has 1 aromatic carbocycles. The van der Waals surface area contributed by atoms with Crippen LogP contribution in [0.3, 0.4) is 0 Å². The quantitative estimate of drug-likeness (QED) is 0.843. The molecule has 0 spiro atoms. The van der Waals surface area contributed by atoms with Crippen molar-refractivity contribution in [2.45, 2.75) is 45.9 Å². The molecule has 0 aliphatic carbocycles. The molecule has 1 atom stereocenters. The van der Waals surface area contributed by atoms with Crippen LogP contribution in [0, 0.1) is 5.82 Å². The first-order valence-electron chi connectivity index (χ1n) is 6.81. The Morgan fingerprint density at radius 3 is 2.67 bits per heavy atom. The van der Waals surface area contributed by atoms with Gasteiger partial charge in [-0.15, -0.1) is 0 Å². The predicted molar refractivity (Wildman–Crippen MR) is 84.6 cm³/mol. The zero-order valence-corrected chi connectivity index (χ0v) is 14.4. The summed E-state index contributed by atoms with van der Waals surface area (Å²) in [7, 11) is 0. The van der Waals surface area contributed by atoms with Gasteiger partial charge in [0, 0.05) is 19.1 Å². The Morgan fingerprint density at radius 1 is 1.43 bits per heavy atom. The van der Waals surface area contributed by atoms with E-state index in [1.165, 1.54) is 6.07 Å². The second-order valence-electron chi connectivity index (χ2n) is 5.93. The van der Waals surface area contributed by atoms with E-state index in [9.17, 15) is 9.18 Å². The number of nitrogens with one attached hydrogen (secondary N) is 2. The van der Waals surface area contributed by atoms with Gasteiger partial charge in [-0.25, -0.2) is 9.18 Å². The summed E-state index contributed by atoms with van der Waals surface area (Å²) >= 11 is 3.11. The fraction of sp³-hybridized carbons (Fsp3) is 0.533. The minimum atomic E-state index is -0.508. The standard InChI is InChI=1S/C15H22BrFN2O2/c1-10(19-14(20)21-15(2,3)4)8-18-9-11-5-6-12(16)13(17)7-11/h5-7,10,18H,8-9H2,1-4H3,(H,19,20). The summed E-state index contributed by atoms with van der Waals surface area (Å²) in [5.41, 5.74) is 0.340. The van der Waals surface area contributed by atoms with Gasteiger partial charge in [0.25, 0.3) is 0 Å². The lowest BCUT2D eigenvalue weighted by Crippen LogP contribution is -2.42. The van der Waals surface area contributed by atoms with E-state index < -0.39 is 11.7 Å². The fourth-order valence-electron chi connectivity index (χ4n) is 1.64. The Bertz CT molecular complexity index is 489. The molecule has 0 saturated carbocycles. The topological polar surface area (TPSA) is 50.4 Å². The molecule has 0 radical (unpaired) electrons. The molecule has 1 rings (SSSR count). The van der Waals surface area contributed by atoms with Gasteiger partial charge in [0.05, 0.1) is 4.47 Å². The molecular weight excluding hydrogens is 339 g/mol. The fourth-order valence-corrected chi connectivity index (χ4v) is 1.89. The molecule has 1 unspecified atom stereocenters. The van der Waals surface area contributed by atoms with Crippen molar-refractivity contribution in [1.29, 1.82) is 0 Å². The van der Waals surface area contributed by atoms with Crippen LogP contribution in [0.5, 0.6) is 0 Å². The molecule has 0 saturated heterocycles. The summed E-state index contributed by atoms with van der Waals surface area (Å²) in [6.45, 7) is 8.42. The maximum absolute atomic E-state index is 13.3. The SMILES string of the molecule is CC(CNCc1ccc(Br)c(F)c1)NC(=O)OC(C)(C)C. The van der Waals surface area contributed by atoms with Crippen LogP contribution in [0.25, 0.3) is 0 Å². The van der Waals surface area contributed by atoms with E-state index in [-0.39, 0.29) is 11.9 Å². The number of alkyl carbamates (subject to hydrolysis) is 1. The summed E-state index contributed by atoms with van der Waals surface area (Å²) < 4.78 is 19.0. The summed E-state index contributed by atoms with van der Waals surface area (Å²) in [4.78, 5) is 11.6. The number of halogens is 2. The number of amides is 1. The first-order chi connectivity index (χ1) is 9.67. The van der Waals surface area contributed by atoms with Gasteiger partial charge >= 0.3 is 6.09 Å². The van der Waals surface area contributed by atoms with Gasteiger partial charge in [0.1, 0.15) is 11.4 Å². The highest BCUT2D eigenvalue weighted by atomic mass is 79.9. The minimum Gasteiger partial charge on any atom is -0.444 e. The van der Waals surface area contributed by atoms with E-state index in [2.05, 4.69) is 26.6 Å². The summed E-state index contributed by atoms with van der Waals surface area (Å²) in [6, 6.07) is 4.91. The van der Waals surface area contributed by atoms with Crippen LogP contribution in [0.1, 0.15) is 33.3 Å². The summed E-state index contributed by atoms with van der Waals surface area (Å²) in [5.74, 6) is -0.283. The maximum atomic E-state index is 13.3.